The molecule has 0 spiro atoms. The molecule has 0 radical (unpaired) electrons. The molecule has 2 atom stereocenters. The van der Waals surface area contributed by atoms with E-state index in [0.717, 1.165) is 28.6 Å². The van der Waals surface area contributed by atoms with Crippen molar-refractivity contribution in [2.24, 2.45) is 10.1 Å². The van der Waals surface area contributed by atoms with Gasteiger partial charge in [-0.15, -0.1) is 0 Å². The highest BCUT2D eigenvalue weighted by atomic mass is 35.5. The first-order chi connectivity index (χ1) is 17.4. The van der Waals surface area contributed by atoms with Gasteiger partial charge in [0.05, 0.1) is 11.8 Å². The smallest absolute Gasteiger partial charge is 0.262 e. The Hall–Kier alpha value is -3.56. The van der Waals surface area contributed by atoms with Crippen LogP contribution in [-0.4, -0.2) is 33.0 Å². The summed E-state index contributed by atoms with van der Waals surface area (Å²) >= 11 is 7.19. The minimum atomic E-state index is -0.718. The molecule has 0 unspecified atom stereocenters. The fourth-order valence-corrected chi connectivity index (χ4v) is 5.15. The number of amidine groups is 1. The summed E-state index contributed by atoms with van der Waals surface area (Å²) in [5, 5.41) is 9.33. The topological polar surface area (TPSA) is 74.1 Å². The number of thioether (sulfide) groups is 1. The molecule has 2 aliphatic heterocycles. The van der Waals surface area contributed by atoms with Gasteiger partial charge in [0.25, 0.3) is 5.91 Å². The van der Waals surface area contributed by atoms with E-state index in [1.54, 1.807) is 29.3 Å². The summed E-state index contributed by atoms with van der Waals surface area (Å²) in [6.07, 6.45) is 0.410. The predicted molar refractivity (Wildman–Crippen MR) is 137 cm³/mol. The van der Waals surface area contributed by atoms with Crippen LogP contribution >= 0.6 is 23.4 Å². The third-order valence-corrected chi connectivity index (χ3v) is 7.16. The van der Waals surface area contributed by atoms with E-state index >= 15 is 0 Å². The van der Waals surface area contributed by atoms with Crippen LogP contribution in [0.15, 0.2) is 82.9 Å². The summed E-state index contributed by atoms with van der Waals surface area (Å²) in [6.45, 7) is 0. The number of halogens is 3. The molecule has 5 rings (SSSR count). The lowest BCUT2D eigenvalue weighted by Crippen LogP contribution is -2.25. The minimum absolute atomic E-state index is 0.101. The highest BCUT2D eigenvalue weighted by Gasteiger charge is 2.39. The van der Waals surface area contributed by atoms with Crippen LogP contribution in [0, 0.1) is 11.6 Å². The number of anilines is 1. The zero-order valence-corrected chi connectivity index (χ0v) is 20.3. The number of nitrogens with zero attached hydrogens (tertiary/aromatic N) is 3. The summed E-state index contributed by atoms with van der Waals surface area (Å²) in [7, 11) is 0. The highest BCUT2D eigenvalue weighted by molar-refractivity contribution is 8.15. The molecule has 0 aromatic heterocycles. The van der Waals surface area contributed by atoms with Gasteiger partial charge < -0.3 is 5.32 Å². The van der Waals surface area contributed by atoms with Gasteiger partial charge in [0.15, 0.2) is 5.17 Å². The molecular formula is C26H19ClF2N4O2S. The lowest BCUT2D eigenvalue weighted by atomic mass is 9.98. The number of nitrogens with one attached hydrogen (secondary N) is 1. The number of amides is 2. The van der Waals surface area contributed by atoms with E-state index < -0.39 is 17.0 Å². The van der Waals surface area contributed by atoms with Gasteiger partial charge >= 0.3 is 0 Å². The molecule has 0 bridgehead atoms. The first-order valence-corrected chi connectivity index (χ1v) is 12.3. The Balaban J connectivity index is 1.35. The standard InChI is InChI=1S/C26H19ClF2N4O2S/c27-17-5-1-15(2-6-17)21-13-22(16-3-7-18(28)8-4-16)33(32-21)26-31-25(35)23(36-26)14-24(34)30-20-11-9-19(29)10-12-20/h1-12,22-23H,13-14H2,(H,30,34)/t22-,23-/m1/s1. The SMILES string of the molecule is O=C(C[C@H]1SC(N2N=C(c3ccc(Cl)cc3)C[C@@H]2c2ccc(F)cc2)=NC1=O)Nc1ccc(F)cc1. The third-order valence-electron chi connectivity index (χ3n) is 5.77. The number of carbonyl (C=O) groups excluding carboxylic acids is 2. The van der Waals surface area contributed by atoms with E-state index in [2.05, 4.69) is 10.3 Å². The Labute approximate surface area is 215 Å². The van der Waals surface area contributed by atoms with Gasteiger partial charge in [0, 0.05) is 23.6 Å². The zero-order valence-electron chi connectivity index (χ0n) is 18.7. The van der Waals surface area contributed by atoms with Crippen LogP contribution < -0.4 is 5.32 Å². The van der Waals surface area contributed by atoms with Crippen molar-refractivity contribution in [1.82, 2.24) is 5.01 Å². The molecule has 2 amide bonds. The van der Waals surface area contributed by atoms with Crippen molar-refractivity contribution in [3.05, 3.63) is 101 Å². The second-order valence-corrected chi connectivity index (χ2v) is 9.87. The number of benzene rings is 3. The number of hydrogen-bond donors (Lipinski definition) is 1. The van der Waals surface area contributed by atoms with E-state index in [1.165, 1.54) is 36.4 Å². The average molecular weight is 525 g/mol. The van der Waals surface area contributed by atoms with E-state index in [0.29, 0.717) is 22.3 Å². The Kier molecular flexibility index (Phi) is 6.84. The van der Waals surface area contributed by atoms with Gasteiger partial charge in [-0.1, -0.05) is 47.6 Å². The molecule has 3 aromatic rings. The normalized spacial score (nSPS) is 19.3. The molecule has 0 fully saturated rings. The zero-order chi connectivity index (χ0) is 25.2. The van der Waals surface area contributed by atoms with Crippen molar-refractivity contribution in [3.8, 4) is 0 Å². The Bertz CT molecular complexity index is 1360. The van der Waals surface area contributed by atoms with E-state index in [4.69, 9.17) is 16.7 Å². The van der Waals surface area contributed by atoms with Crippen molar-refractivity contribution < 1.29 is 18.4 Å². The number of rotatable bonds is 5. The van der Waals surface area contributed by atoms with Crippen LogP contribution in [-0.2, 0) is 9.59 Å². The quantitative estimate of drug-likeness (QED) is 0.458. The first-order valence-electron chi connectivity index (χ1n) is 11.1. The maximum Gasteiger partial charge on any atom is 0.262 e. The molecule has 0 saturated carbocycles. The van der Waals surface area contributed by atoms with Gasteiger partial charge in [-0.25, -0.2) is 13.8 Å². The summed E-state index contributed by atoms with van der Waals surface area (Å²) in [5.41, 5.74) is 2.90. The van der Waals surface area contributed by atoms with Crippen molar-refractivity contribution in [3.63, 3.8) is 0 Å². The molecule has 3 aromatic carbocycles. The second-order valence-electron chi connectivity index (χ2n) is 8.27. The minimum Gasteiger partial charge on any atom is -0.326 e. The molecule has 10 heteroatoms. The Morgan fingerprint density at radius 1 is 1.00 bits per heavy atom. The average Bonchev–Trinajstić information content (AvgIpc) is 3.45. The van der Waals surface area contributed by atoms with E-state index in [-0.39, 0.29) is 24.2 Å². The van der Waals surface area contributed by atoms with Crippen LogP contribution in [0.3, 0.4) is 0 Å². The molecule has 2 heterocycles. The van der Waals surface area contributed by atoms with Crippen LogP contribution in [0.25, 0.3) is 0 Å². The van der Waals surface area contributed by atoms with Crippen molar-refractivity contribution in [1.29, 1.82) is 0 Å². The van der Waals surface area contributed by atoms with E-state index in [1.807, 2.05) is 12.1 Å². The number of hydrazone groups is 1. The lowest BCUT2D eigenvalue weighted by molar-refractivity contribution is -0.121. The van der Waals surface area contributed by atoms with Gasteiger partial charge in [-0.2, -0.15) is 10.1 Å². The van der Waals surface area contributed by atoms with Gasteiger partial charge in [-0.3, -0.25) is 9.59 Å². The molecule has 6 nitrogen and oxygen atoms in total. The maximum absolute atomic E-state index is 13.6. The molecule has 1 N–H and O–H groups in total. The fourth-order valence-electron chi connectivity index (χ4n) is 3.97. The van der Waals surface area contributed by atoms with Crippen molar-refractivity contribution in [2.75, 3.05) is 5.32 Å². The van der Waals surface area contributed by atoms with Crippen LogP contribution in [0.2, 0.25) is 5.02 Å². The van der Waals surface area contributed by atoms with E-state index in [9.17, 15) is 18.4 Å². The number of carbonyl (C=O) groups is 2. The maximum atomic E-state index is 13.6. The molecule has 2 aliphatic rings. The molecule has 0 saturated heterocycles. The van der Waals surface area contributed by atoms with Crippen LogP contribution in [0.4, 0.5) is 14.5 Å². The van der Waals surface area contributed by atoms with Gasteiger partial charge in [0.1, 0.15) is 16.9 Å². The third kappa shape index (κ3) is 5.32. The summed E-state index contributed by atoms with van der Waals surface area (Å²) in [6, 6.07) is 18.5. The number of hydrogen-bond acceptors (Lipinski definition) is 5. The van der Waals surface area contributed by atoms with Gasteiger partial charge in [0.2, 0.25) is 5.91 Å². The molecule has 0 aliphatic carbocycles. The Morgan fingerprint density at radius 3 is 2.31 bits per heavy atom. The van der Waals surface area contributed by atoms with Crippen LogP contribution in [0.5, 0.6) is 0 Å². The van der Waals surface area contributed by atoms with Crippen molar-refractivity contribution in [2.45, 2.75) is 24.1 Å². The molecular weight excluding hydrogens is 506 g/mol. The highest BCUT2D eigenvalue weighted by Crippen LogP contribution is 2.38. The van der Waals surface area contributed by atoms with Crippen molar-refractivity contribution >= 4 is 51.7 Å². The largest absolute Gasteiger partial charge is 0.326 e. The summed E-state index contributed by atoms with van der Waals surface area (Å²) in [5.74, 6) is -1.58. The first kappa shape index (κ1) is 24.1. The molecule has 182 valence electrons. The summed E-state index contributed by atoms with van der Waals surface area (Å²) in [4.78, 5) is 29.4. The summed E-state index contributed by atoms with van der Waals surface area (Å²) < 4.78 is 26.7. The monoisotopic (exact) mass is 524 g/mol. The van der Waals surface area contributed by atoms with Gasteiger partial charge in [-0.05, 0) is 59.7 Å². The lowest BCUT2D eigenvalue weighted by Gasteiger charge is -2.23. The second kappa shape index (κ2) is 10.2. The fraction of sp³-hybridized carbons (Fsp3) is 0.154. The Morgan fingerprint density at radius 2 is 1.64 bits per heavy atom. The molecule has 36 heavy (non-hydrogen) atoms. The van der Waals surface area contributed by atoms with Crippen LogP contribution in [0.1, 0.15) is 30.0 Å². The number of aliphatic imine (C=N–C) groups is 1. The predicted octanol–water partition coefficient (Wildman–Crippen LogP) is 5.80.